The normalized spacial score (nSPS) is 16.0. The van der Waals surface area contributed by atoms with Crippen molar-refractivity contribution in [2.75, 3.05) is 56.2 Å². The highest BCUT2D eigenvalue weighted by Crippen LogP contribution is 2.32. The molecule has 0 aliphatic carbocycles. The second-order valence-corrected chi connectivity index (χ2v) is 7.60. The van der Waals surface area contributed by atoms with Crippen LogP contribution in [0.3, 0.4) is 0 Å². The minimum absolute atomic E-state index is 0.146. The number of ether oxygens (including phenoxy) is 3. The Morgan fingerprint density at radius 1 is 1.03 bits per heavy atom. The average Bonchev–Trinajstić information content (AvgIpc) is 3.20. The van der Waals surface area contributed by atoms with E-state index >= 15 is 0 Å². The Bertz CT molecular complexity index is 950. The van der Waals surface area contributed by atoms with Crippen LogP contribution in [0.4, 0.5) is 16.3 Å². The van der Waals surface area contributed by atoms with Gasteiger partial charge in [0.15, 0.2) is 11.5 Å². The van der Waals surface area contributed by atoms with Crippen molar-refractivity contribution in [2.45, 2.75) is 19.8 Å². The Morgan fingerprint density at radius 2 is 1.88 bits per heavy atom. The first kappa shape index (κ1) is 21.7. The highest BCUT2D eigenvalue weighted by Gasteiger charge is 2.21. The molecule has 2 aliphatic rings. The molecule has 1 aromatic heterocycles. The van der Waals surface area contributed by atoms with Crippen LogP contribution in [0.5, 0.6) is 11.5 Å². The standard InChI is InChI=1S/C23H28N4O5/c1-2-30-22(28)17-5-8-21(24-16-17)26-9-3-10-27(12-11-26)23(29)25-18-6-7-19-20(15-18)32-14-4-13-31-19/h5-8,15-16H,2-4,9-14H2,1H3,(H,25,29). The number of carbonyl (C=O) groups excluding carboxylic acids is 2. The van der Waals surface area contributed by atoms with Crippen LogP contribution in [-0.4, -0.2) is 67.9 Å². The van der Waals surface area contributed by atoms with E-state index in [2.05, 4.69) is 15.2 Å². The summed E-state index contributed by atoms with van der Waals surface area (Å²) in [4.78, 5) is 33.0. The van der Waals surface area contributed by atoms with E-state index in [0.29, 0.717) is 62.2 Å². The minimum atomic E-state index is -0.375. The van der Waals surface area contributed by atoms with Gasteiger partial charge in [0.25, 0.3) is 0 Å². The van der Waals surface area contributed by atoms with Gasteiger partial charge in [-0.2, -0.15) is 0 Å². The molecule has 1 N–H and O–H groups in total. The van der Waals surface area contributed by atoms with Crippen LogP contribution in [0.15, 0.2) is 36.5 Å². The van der Waals surface area contributed by atoms with Gasteiger partial charge in [-0.25, -0.2) is 14.6 Å². The number of hydrogen-bond acceptors (Lipinski definition) is 7. The Morgan fingerprint density at radius 3 is 2.66 bits per heavy atom. The second-order valence-electron chi connectivity index (χ2n) is 7.60. The van der Waals surface area contributed by atoms with E-state index in [1.165, 1.54) is 6.20 Å². The van der Waals surface area contributed by atoms with Gasteiger partial charge in [-0.15, -0.1) is 0 Å². The number of rotatable bonds is 4. The quantitative estimate of drug-likeness (QED) is 0.730. The fourth-order valence-corrected chi connectivity index (χ4v) is 3.70. The molecular formula is C23H28N4O5. The lowest BCUT2D eigenvalue weighted by Gasteiger charge is -2.23. The first-order valence-corrected chi connectivity index (χ1v) is 11.0. The predicted molar refractivity (Wildman–Crippen MR) is 120 cm³/mol. The van der Waals surface area contributed by atoms with Gasteiger partial charge in [0.1, 0.15) is 5.82 Å². The number of pyridine rings is 1. The molecule has 9 heteroatoms. The van der Waals surface area contributed by atoms with Crippen molar-refractivity contribution >= 4 is 23.5 Å². The van der Waals surface area contributed by atoms with Gasteiger partial charge in [0, 0.05) is 50.6 Å². The molecule has 1 aromatic carbocycles. The fraction of sp³-hybridized carbons (Fsp3) is 0.435. The zero-order valence-corrected chi connectivity index (χ0v) is 18.2. The molecule has 170 valence electrons. The van der Waals surface area contributed by atoms with Crippen molar-refractivity contribution in [3.05, 3.63) is 42.1 Å². The minimum Gasteiger partial charge on any atom is -0.490 e. The highest BCUT2D eigenvalue weighted by atomic mass is 16.5. The molecule has 9 nitrogen and oxygen atoms in total. The Hall–Kier alpha value is -3.49. The number of aromatic nitrogens is 1. The van der Waals surface area contributed by atoms with Crippen LogP contribution in [0, 0.1) is 0 Å². The number of carbonyl (C=O) groups is 2. The smallest absolute Gasteiger partial charge is 0.339 e. The largest absolute Gasteiger partial charge is 0.490 e. The molecule has 0 saturated carbocycles. The van der Waals surface area contributed by atoms with Crippen LogP contribution >= 0.6 is 0 Å². The first-order valence-electron chi connectivity index (χ1n) is 11.0. The molecule has 0 bridgehead atoms. The summed E-state index contributed by atoms with van der Waals surface area (Å²) >= 11 is 0. The van der Waals surface area contributed by atoms with Crippen molar-refractivity contribution in [3.63, 3.8) is 0 Å². The molecule has 1 saturated heterocycles. The summed E-state index contributed by atoms with van der Waals surface area (Å²) in [6, 6.07) is 8.85. The number of fused-ring (bicyclic) bond motifs is 1. The summed E-state index contributed by atoms with van der Waals surface area (Å²) < 4.78 is 16.3. The van der Waals surface area contributed by atoms with E-state index in [9.17, 15) is 9.59 Å². The lowest BCUT2D eigenvalue weighted by Crippen LogP contribution is -2.38. The molecule has 2 aliphatic heterocycles. The maximum Gasteiger partial charge on any atom is 0.339 e. The molecule has 0 unspecified atom stereocenters. The predicted octanol–water partition coefficient (Wildman–Crippen LogP) is 3.16. The highest BCUT2D eigenvalue weighted by molar-refractivity contribution is 5.90. The van der Waals surface area contributed by atoms with Gasteiger partial charge in [-0.1, -0.05) is 0 Å². The van der Waals surface area contributed by atoms with Gasteiger partial charge in [-0.05, 0) is 37.6 Å². The van der Waals surface area contributed by atoms with Gasteiger partial charge in [-0.3, -0.25) is 0 Å². The van der Waals surface area contributed by atoms with E-state index in [1.807, 2.05) is 18.2 Å². The molecule has 2 aromatic rings. The lowest BCUT2D eigenvalue weighted by atomic mass is 10.2. The topological polar surface area (TPSA) is 93.2 Å². The number of urea groups is 1. The third kappa shape index (κ3) is 5.22. The average molecular weight is 441 g/mol. The van der Waals surface area contributed by atoms with Crippen molar-refractivity contribution < 1.29 is 23.8 Å². The molecule has 0 atom stereocenters. The SMILES string of the molecule is CCOC(=O)c1ccc(N2CCCN(C(=O)Nc3ccc4c(c3)OCCCO4)CC2)nc1. The van der Waals surface area contributed by atoms with Crippen LogP contribution in [0.25, 0.3) is 0 Å². The monoisotopic (exact) mass is 440 g/mol. The van der Waals surface area contributed by atoms with E-state index in [-0.39, 0.29) is 12.0 Å². The van der Waals surface area contributed by atoms with Crippen molar-refractivity contribution in [2.24, 2.45) is 0 Å². The summed E-state index contributed by atoms with van der Waals surface area (Å²) in [5, 5.41) is 2.96. The summed E-state index contributed by atoms with van der Waals surface area (Å²) in [7, 11) is 0. The third-order valence-corrected chi connectivity index (χ3v) is 5.36. The van der Waals surface area contributed by atoms with Crippen LogP contribution in [-0.2, 0) is 4.74 Å². The lowest BCUT2D eigenvalue weighted by molar-refractivity contribution is 0.0526. The maximum atomic E-state index is 12.8. The number of nitrogens with one attached hydrogen (secondary N) is 1. The zero-order valence-electron chi connectivity index (χ0n) is 18.2. The summed E-state index contributed by atoms with van der Waals surface area (Å²) in [5.74, 6) is 1.76. The summed E-state index contributed by atoms with van der Waals surface area (Å²) in [6.07, 6.45) is 3.18. The van der Waals surface area contributed by atoms with E-state index in [1.54, 1.807) is 24.0 Å². The number of esters is 1. The van der Waals surface area contributed by atoms with Crippen molar-refractivity contribution in [3.8, 4) is 11.5 Å². The van der Waals surface area contributed by atoms with Gasteiger partial charge in [0.05, 0.1) is 25.4 Å². The zero-order chi connectivity index (χ0) is 22.3. The van der Waals surface area contributed by atoms with Crippen molar-refractivity contribution in [1.29, 1.82) is 0 Å². The van der Waals surface area contributed by atoms with E-state index in [0.717, 1.165) is 25.2 Å². The molecule has 1 fully saturated rings. The molecule has 0 spiro atoms. The van der Waals surface area contributed by atoms with Gasteiger partial charge >= 0.3 is 12.0 Å². The third-order valence-electron chi connectivity index (χ3n) is 5.36. The maximum absolute atomic E-state index is 12.8. The molecular weight excluding hydrogens is 412 g/mol. The van der Waals surface area contributed by atoms with Crippen LogP contribution in [0.2, 0.25) is 0 Å². The van der Waals surface area contributed by atoms with E-state index in [4.69, 9.17) is 14.2 Å². The number of benzene rings is 1. The Labute approximate surface area is 187 Å². The molecule has 4 rings (SSSR count). The molecule has 32 heavy (non-hydrogen) atoms. The summed E-state index contributed by atoms with van der Waals surface area (Å²) in [6.45, 7) is 5.97. The Kier molecular flexibility index (Phi) is 6.94. The number of amides is 2. The molecule has 2 amide bonds. The second kappa shape index (κ2) is 10.2. The van der Waals surface area contributed by atoms with Crippen LogP contribution in [0.1, 0.15) is 30.1 Å². The number of anilines is 2. The molecule has 3 heterocycles. The first-order chi connectivity index (χ1) is 15.6. The van der Waals surface area contributed by atoms with Crippen molar-refractivity contribution in [1.82, 2.24) is 9.88 Å². The number of nitrogens with zero attached hydrogens (tertiary/aromatic N) is 3. The molecule has 0 radical (unpaired) electrons. The van der Waals surface area contributed by atoms with E-state index < -0.39 is 0 Å². The van der Waals surface area contributed by atoms with Crippen LogP contribution < -0.4 is 19.7 Å². The Balaban J connectivity index is 1.34. The van der Waals surface area contributed by atoms with Gasteiger partial charge in [0.2, 0.25) is 0 Å². The van der Waals surface area contributed by atoms with Gasteiger partial charge < -0.3 is 29.3 Å². The summed E-state index contributed by atoms with van der Waals surface area (Å²) in [5.41, 5.74) is 1.11. The fourth-order valence-electron chi connectivity index (χ4n) is 3.70. The number of hydrogen-bond donors (Lipinski definition) is 1.